The topological polar surface area (TPSA) is 363 Å². The number of rotatable bonds is 14. The van der Waals surface area contributed by atoms with Gasteiger partial charge in [-0.15, -0.1) is 0 Å². The number of amides is 1. The van der Waals surface area contributed by atoms with Gasteiger partial charge in [-0.3, -0.25) is 4.79 Å². The van der Waals surface area contributed by atoms with Crippen LogP contribution in [0.2, 0.25) is 0 Å². The Morgan fingerprint density at radius 1 is 0.759 bits per heavy atom. The number of carbonyl (C=O) groups excluding carboxylic acids is 1. The van der Waals surface area contributed by atoms with Crippen molar-refractivity contribution in [1.82, 2.24) is 5.32 Å². The first kappa shape index (κ1) is 52.3. The van der Waals surface area contributed by atoms with Gasteiger partial charge in [0.1, 0.15) is 79.3 Å². The van der Waals surface area contributed by atoms with Gasteiger partial charge in [0.15, 0.2) is 18.9 Å². The van der Waals surface area contributed by atoms with Crippen LogP contribution < -0.4 is 5.32 Å². The monoisotopic (exact) mass is 851 g/mol. The van der Waals surface area contributed by atoms with Crippen molar-refractivity contribution < 1.29 is 109 Å². The van der Waals surface area contributed by atoms with Crippen LogP contribution >= 0.6 is 0 Å². The summed E-state index contributed by atoms with van der Waals surface area (Å²) in [5.41, 5.74) is 0. The van der Waals surface area contributed by atoms with Crippen LogP contribution in [0, 0.1) is 5.92 Å². The van der Waals surface area contributed by atoms with Crippen molar-refractivity contribution in [2.45, 2.75) is 177 Å². The van der Waals surface area contributed by atoms with Gasteiger partial charge in [0.2, 0.25) is 5.91 Å². The first-order chi connectivity index (χ1) is 27.4. The van der Waals surface area contributed by atoms with E-state index in [4.69, 9.17) is 37.9 Å². The van der Waals surface area contributed by atoms with Crippen LogP contribution in [0.15, 0.2) is 0 Å². The third-order valence-corrected chi connectivity index (χ3v) is 10.1. The summed E-state index contributed by atoms with van der Waals surface area (Å²) in [5, 5.41) is 128. The second-order valence-corrected chi connectivity index (χ2v) is 13.9. The quantitative estimate of drug-likeness (QED) is 0.0776. The minimum Gasteiger partial charge on any atom is -0.477 e. The number of ether oxygens (including phenoxy) is 8. The molecule has 0 aliphatic carbocycles. The maximum Gasteiger partial charge on any atom is 0.364 e. The number of aliphatic carboxylic acids is 1. The highest BCUT2D eigenvalue weighted by atomic mass is 16.8. The summed E-state index contributed by atoms with van der Waals surface area (Å²) in [6.45, 7) is 9.07. The molecular weight excluding hydrogens is 786 g/mol. The molecule has 4 aliphatic heterocycles. The number of aliphatic hydroxyl groups excluding tert-OH is 11. The second kappa shape index (κ2) is 23.4. The van der Waals surface area contributed by atoms with E-state index in [9.17, 15) is 70.9 Å². The fraction of sp³-hybridized carbons (Fsp3) is 0.943. The highest BCUT2D eigenvalue weighted by Gasteiger charge is 2.60. The fourth-order valence-corrected chi connectivity index (χ4v) is 6.95. The van der Waals surface area contributed by atoms with Crippen LogP contribution in [-0.2, 0) is 47.5 Å². The van der Waals surface area contributed by atoms with Gasteiger partial charge >= 0.3 is 5.97 Å². The number of carboxylic acid groups (broad SMARTS) is 1. The van der Waals surface area contributed by atoms with E-state index < -0.39 is 166 Å². The molecule has 0 bridgehead atoms. The van der Waals surface area contributed by atoms with Crippen LogP contribution in [0.25, 0.3) is 0 Å². The maximum atomic E-state index is 12.8. The van der Waals surface area contributed by atoms with E-state index in [1.54, 1.807) is 0 Å². The Morgan fingerprint density at radius 2 is 1.31 bits per heavy atom. The third kappa shape index (κ3) is 11.5. The molecule has 0 spiro atoms. The zero-order chi connectivity index (χ0) is 44.4. The number of aliphatic hydroxyl groups is 11. The van der Waals surface area contributed by atoms with Crippen molar-refractivity contribution in [3.63, 3.8) is 0 Å². The number of methoxy groups -OCH3 is 1. The Balaban J connectivity index is 0.00000281. The predicted molar refractivity (Wildman–Crippen MR) is 192 cm³/mol. The minimum absolute atomic E-state index is 0.654. The zero-order valence-corrected chi connectivity index (χ0v) is 33.8. The predicted octanol–water partition coefficient (Wildman–Crippen LogP) is -5.39. The SMILES string of the molecule is CC.CC.COC1OC(CO)[C@@H](O[C@@H]2OC(CO)C(O)[C@H](O[C@]3(C(=O)O)CC(O)C(C)[C@H]([C@H](O)[C@H](O)CO)O3)C2O)C(O[C@@H]2O[C@@H](C)C(O)C(O)C2O)C1NC(C)=O. The van der Waals surface area contributed by atoms with E-state index in [2.05, 4.69) is 5.32 Å². The van der Waals surface area contributed by atoms with Crippen LogP contribution in [0.3, 0.4) is 0 Å². The lowest BCUT2D eigenvalue weighted by atomic mass is 9.84. The van der Waals surface area contributed by atoms with Gasteiger partial charge in [-0.05, 0) is 6.92 Å². The fourth-order valence-electron chi connectivity index (χ4n) is 6.95. The molecule has 0 radical (unpaired) electrons. The van der Waals surface area contributed by atoms with Crippen LogP contribution in [0.5, 0.6) is 0 Å². The van der Waals surface area contributed by atoms with Crippen molar-refractivity contribution >= 4 is 11.9 Å². The lowest BCUT2D eigenvalue weighted by molar-refractivity contribution is -0.392. The van der Waals surface area contributed by atoms with Crippen molar-refractivity contribution in [1.29, 1.82) is 0 Å². The molecule has 4 heterocycles. The number of carbonyl (C=O) groups is 2. The molecular formula is C35H65NO22. The molecule has 4 rings (SSSR count). The molecule has 12 unspecified atom stereocenters. The van der Waals surface area contributed by atoms with Crippen molar-refractivity contribution in [3.8, 4) is 0 Å². The molecule has 4 saturated heterocycles. The van der Waals surface area contributed by atoms with Crippen LogP contribution in [-0.4, -0.2) is 222 Å². The van der Waals surface area contributed by atoms with Gasteiger partial charge in [-0.2, -0.15) is 0 Å². The lowest BCUT2D eigenvalue weighted by Crippen LogP contribution is -2.70. The molecule has 21 atom stereocenters. The first-order valence-corrected chi connectivity index (χ1v) is 19.3. The van der Waals surface area contributed by atoms with Gasteiger partial charge in [-0.1, -0.05) is 34.6 Å². The van der Waals surface area contributed by atoms with E-state index in [0.29, 0.717) is 0 Å². The van der Waals surface area contributed by atoms with Gasteiger partial charge in [0.05, 0.1) is 38.1 Å². The summed E-state index contributed by atoms with van der Waals surface area (Å²) in [5.74, 6) is -6.53. The smallest absolute Gasteiger partial charge is 0.364 e. The largest absolute Gasteiger partial charge is 0.477 e. The average Bonchev–Trinajstić information content (AvgIpc) is 3.21. The molecule has 1 amide bonds. The average molecular weight is 852 g/mol. The Morgan fingerprint density at radius 3 is 1.83 bits per heavy atom. The van der Waals surface area contributed by atoms with E-state index in [1.165, 1.54) is 21.0 Å². The Hall–Kier alpha value is -1.82. The standard InChI is InChI=1S/C31H53NO22.2C2H6/c1-9-12(37)5-31(30(45)46,53-23(9)18(40)13(38)6-33)54-26-19(41)14(7-34)49-29(22(26)44)51-24-15(8-35)50-27(47-4)16(32-11(3)36)25(24)52-28-21(43)20(42)17(39)10(2)48-28;2*1-2/h9-10,12-29,33-35,37-44H,5-8H2,1-4H3,(H,32,36)(H,45,46);2*1-2H3/t9?,10-,12?,13+,14?,15?,16?,17?,18+,19?,20?,21?,22?,23+,24+,25?,26-,27?,28-,29-,31-;;/m0../s1. The third-order valence-electron chi connectivity index (χ3n) is 10.1. The van der Waals surface area contributed by atoms with Crippen molar-refractivity contribution in [3.05, 3.63) is 0 Å². The molecule has 23 heteroatoms. The molecule has 0 aromatic heterocycles. The number of hydrogen-bond acceptors (Lipinski definition) is 21. The molecule has 13 N–H and O–H groups in total. The summed E-state index contributed by atoms with van der Waals surface area (Å²) in [4.78, 5) is 25.1. The first-order valence-electron chi connectivity index (χ1n) is 19.3. The molecule has 0 aromatic rings. The second-order valence-electron chi connectivity index (χ2n) is 13.9. The molecule has 342 valence electrons. The highest BCUT2D eigenvalue weighted by molar-refractivity contribution is 5.76. The molecule has 0 saturated carbocycles. The summed E-state index contributed by atoms with van der Waals surface area (Å²) < 4.78 is 45.9. The number of hydrogen-bond donors (Lipinski definition) is 13. The molecule has 23 nitrogen and oxygen atoms in total. The van der Waals surface area contributed by atoms with Crippen molar-refractivity contribution in [2.24, 2.45) is 5.92 Å². The lowest BCUT2D eigenvalue weighted by Gasteiger charge is -2.51. The maximum absolute atomic E-state index is 12.8. The van der Waals surface area contributed by atoms with Crippen molar-refractivity contribution in [2.75, 3.05) is 26.9 Å². The van der Waals surface area contributed by atoms with Gasteiger partial charge in [0.25, 0.3) is 5.79 Å². The van der Waals surface area contributed by atoms with E-state index in [1.807, 2.05) is 27.7 Å². The molecule has 4 fully saturated rings. The van der Waals surface area contributed by atoms with E-state index in [-0.39, 0.29) is 0 Å². The number of nitrogens with one attached hydrogen (secondary N) is 1. The normalized spacial score (nSPS) is 44.1. The Kier molecular flexibility index (Phi) is 21.1. The zero-order valence-electron chi connectivity index (χ0n) is 33.8. The summed E-state index contributed by atoms with van der Waals surface area (Å²) in [6.07, 6.45) is -32.0. The van der Waals surface area contributed by atoms with Gasteiger partial charge < -0.3 is 104 Å². The number of carboxylic acids is 1. The Labute approximate surface area is 335 Å². The summed E-state index contributed by atoms with van der Waals surface area (Å²) in [6, 6.07) is -1.35. The molecule has 58 heavy (non-hydrogen) atoms. The summed E-state index contributed by atoms with van der Waals surface area (Å²) >= 11 is 0. The van der Waals surface area contributed by atoms with Gasteiger partial charge in [0, 0.05) is 26.4 Å². The van der Waals surface area contributed by atoms with E-state index >= 15 is 0 Å². The minimum atomic E-state index is -2.94. The highest BCUT2D eigenvalue weighted by Crippen LogP contribution is 2.40. The molecule has 4 aliphatic rings. The van der Waals surface area contributed by atoms with Crippen LogP contribution in [0.4, 0.5) is 0 Å². The Bertz CT molecular complexity index is 1240. The van der Waals surface area contributed by atoms with Gasteiger partial charge in [-0.25, -0.2) is 4.79 Å². The van der Waals surface area contributed by atoms with Crippen LogP contribution in [0.1, 0.15) is 54.9 Å². The summed E-state index contributed by atoms with van der Waals surface area (Å²) in [7, 11) is 1.20. The molecule has 0 aromatic carbocycles. The van der Waals surface area contributed by atoms with E-state index in [0.717, 1.165) is 6.92 Å².